The maximum atomic E-state index is 13.6. The van der Waals surface area contributed by atoms with Crippen LogP contribution in [0.1, 0.15) is 37.0 Å². The summed E-state index contributed by atoms with van der Waals surface area (Å²) in [5.41, 5.74) is 7.26. The minimum atomic E-state index is -0.557. The summed E-state index contributed by atoms with van der Waals surface area (Å²) in [6, 6.07) is 10.4. The van der Waals surface area contributed by atoms with Gasteiger partial charge in [0.1, 0.15) is 17.5 Å². The van der Waals surface area contributed by atoms with Gasteiger partial charge in [-0.15, -0.1) is 0 Å². The van der Waals surface area contributed by atoms with E-state index in [1.807, 2.05) is 6.07 Å². The summed E-state index contributed by atoms with van der Waals surface area (Å²) in [4.78, 5) is 32.3. The second-order valence-corrected chi connectivity index (χ2v) is 9.89. The Kier molecular flexibility index (Phi) is 6.66. The van der Waals surface area contributed by atoms with E-state index >= 15 is 0 Å². The zero-order valence-electron chi connectivity index (χ0n) is 20.4. The van der Waals surface area contributed by atoms with Crippen LogP contribution in [0.5, 0.6) is 0 Å². The SMILES string of the molecule is CC1CN(c2ncc(C(N)=O)cc2Cl)CCN1c1cc(-c2ccc(F)cc2)nc(N2CCCC2C)n1. The van der Waals surface area contributed by atoms with Crippen LogP contribution in [0.15, 0.2) is 42.6 Å². The summed E-state index contributed by atoms with van der Waals surface area (Å²) in [5, 5.41) is 0.401. The molecule has 188 valence electrons. The minimum absolute atomic E-state index is 0.104. The van der Waals surface area contributed by atoms with E-state index in [-0.39, 0.29) is 17.4 Å². The van der Waals surface area contributed by atoms with Gasteiger partial charge >= 0.3 is 0 Å². The molecule has 2 N–H and O–H groups in total. The van der Waals surface area contributed by atoms with E-state index in [1.54, 1.807) is 18.2 Å². The third-order valence-electron chi connectivity index (χ3n) is 6.98. The van der Waals surface area contributed by atoms with E-state index in [9.17, 15) is 9.18 Å². The highest BCUT2D eigenvalue weighted by Gasteiger charge is 2.29. The Morgan fingerprint density at radius 3 is 2.47 bits per heavy atom. The Hall–Kier alpha value is -3.46. The largest absolute Gasteiger partial charge is 0.366 e. The Morgan fingerprint density at radius 1 is 1.06 bits per heavy atom. The number of benzene rings is 1. The Labute approximate surface area is 214 Å². The second kappa shape index (κ2) is 9.89. The van der Waals surface area contributed by atoms with Crippen LogP contribution in [0.2, 0.25) is 5.02 Å². The standard InChI is InChI=1S/C26H29ClFN7O/c1-16-4-3-9-35(16)26-31-22(18-5-7-20(28)8-6-18)13-23(32-26)34-11-10-33(15-17(34)2)25-21(27)12-19(14-30-25)24(29)36/h5-8,12-14,16-17H,3-4,9-11,15H2,1-2H3,(H2,29,36). The highest BCUT2D eigenvalue weighted by Crippen LogP contribution is 2.32. The molecule has 2 fully saturated rings. The zero-order valence-corrected chi connectivity index (χ0v) is 21.1. The summed E-state index contributed by atoms with van der Waals surface area (Å²) in [6.45, 7) is 7.30. The first-order chi connectivity index (χ1) is 17.3. The average molecular weight is 510 g/mol. The molecular weight excluding hydrogens is 481 g/mol. The second-order valence-electron chi connectivity index (χ2n) is 9.49. The Balaban J connectivity index is 1.44. The van der Waals surface area contributed by atoms with Crippen molar-refractivity contribution in [3.63, 3.8) is 0 Å². The molecule has 0 spiro atoms. The third kappa shape index (κ3) is 4.80. The molecule has 4 heterocycles. The molecule has 0 bridgehead atoms. The van der Waals surface area contributed by atoms with E-state index in [2.05, 4.69) is 33.5 Å². The number of primary amides is 1. The third-order valence-corrected chi connectivity index (χ3v) is 7.26. The molecule has 8 nitrogen and oxygen atoms in total. The topological polar surface area (TPSA) is 91.5 Å². The smallest absolute Gasteiger partial charge is 0.250 e. The van der Waals surface area contributed by atoms with Gasteiger partial charge in [-0.25, -0.2) is 14.4 Å². The van der Waals surface area contributed by atoms with Crippen LogP contribution in [0.25, 0.3) is 11.3 Å². The normalized spacial score (nSPS) is 20.2. The molecule has 2 aromatic heterocycles. The molecule has 2 saturated heterocycles. The average Bonchev–Trinajstić information content (AvgIpc) is 3.30. The molecular formula is C26H29ClFN7O. The van der Waals surface area contributed by atoms with Crippen molar-refractivity contribution < 1.29 is 9.18 Å². The van der Waals surface area contributed by atoms with Gasteiger partial charge in [0.25, 0.3) is 0 Å². The van der Waals surface area contributed by atoms with E-state index in [4.69, 9.17) is 27.3 Å². The molecule has 1 amide bonds. The first-order valence-corrected chi connectivity index (χ1v) is 12.6. The van der Waals surface area contributed by atoms with Crippen molar-refractivity contribution in [1.82, 2.24) is 15.0 Å². The van der Waals surface area contributed by atoms with Gasteiger partial charge in [0, 0.05) is 56.1 Å². The van der Waals surface area contributed by atoms with Crippen molar-refractivity contribution in [1.29, 1.82) is 0 Å². The molecule has 2 aliphatic rings. The van der Waals surface area contributed by atoms with Crippen LogP contribution in [0.3, 0.4) is 0 Å². The van der Waals surface area contributed by atoms with E-state index in [0.717, 1.165) is 36.5 Å². The molecule has 0 saturated carbocycles. The van der Waals surface area contributed by atoms with Crippen LogP contribution < -0.4 is 20.4 Å². The predicted octanol–water partition coefficient (Wildman–Crippen LogP) is 4.13. The van der Waals surface area contributed by atoms with Gasteiger partial charge in [-0.05, 0) is 57.0 Å². The number of aromatic nitrogens is 3. The molecule has 2 unspecified atom stereocenters. The van der Waals surface area contributed by atoms with Crippen molar-refractivity contribution >= 4 is 35.1 Å². The number of amides is 1. The number of rotatable bonds is 5. The quantitative estimate of drug-likeness (QED) is 0.552. The van der Waals surface area contributed by atoms with Crippen molar-refractivity contribution in [2.45, 2.75) is 38.8 Å². The summed E-state index contributed by atoms with van der Waals surface area (Å²) < 4.78 is 13.6. The zero-order chi connectivity index (χ0) is 25.4. The van der Waals surface area contributed by atoms with Gasteiger partial charge in [0.2, 0.25) is 11.9 Å². The highest BCUT2D eigenvalue weighted by molar-refractivity contribution is 6.33. The maximum absolute atomic E-state index is 13.6. The van der Waals surface area contributed by atoms with E-state index in [1.165, 1.54) is 18.3 Å². The molecule has 5 rings (SSSR count). The molecule has 10 heteroatoms. The van der Waals surface area contributed by atoms with Crippen molar-refractivity contribution in [2.24, 2.45) is 5.73 Å². The fraction of sp³-hybridized carbons (Fsp3) is 0.385. The van der Waals surface area contributed by atoms with Crippen LogP contribution in [0, 0.1) is 5.82 Å². The van der Waals surface area contributed by atoms with Crippen LogP contribution in [0.4, 0.5) is 22.0 Å². The number of halogens is 2. The summed E-state index contributed by atoms with van der Waals surface area (Å²) in [7, 11) is 0. The lowest BCUT2D eigenvalue weighted by Gasteiger charge is -2.41. The van der Waals surface area contributed by atoms with E-state index in [0.29, 0.717) is 42.5 Å². The molecule has 2 atom stereocenters. The van der Waals surface area contributed by atoms with E-state index < -0.39 is 5.91 Å². The lowest BCUT2D eigenvalue weighted by molar-refractivity contribution is 0.1000. The first-order valence-electron chi connectivity index (χ1n) is 12.2. The minimum Gasteiger partial charge on any atom is -0.366 e. The molecule has 36 heavy (non-hydrogen) atoms. The highest BCUT2D eigenvalue weighted by atomic mass is 35.5. The number of hydrogen-bond donors (Lipinski definition) is 1. The number of carbonyl (C=O) groups excluding carboxylic acids is 1. The number of hydrogen-bond acceptors (Lipinski definition) is 7. The maximum Gasteiger partial charge on any atom is 0.250 e. The Morgan fingerprint density at radius 2 is 1.83 bits per heavy atom. The molecule has 1 aromatic carbocycles. The first kappa shape index (κ1) is 24.2. The molecule has 3 aromatic rings. The van der Waals surface area contributed by atoms with Gasteiger partial charge in [0.15, 0.2) is 0 Å². The predicted molar refractivity (Wildman–Crippen MR) is 140 cm³/mol. The van der Waals surface area contributed by atoms with Crippen molar-refractivity contribution in [3.05, 3.63) is 59.0 Å². The number of carbonyl (C=O) groups is 1. The number of nitrogens with zero attached hydrogens (tertiary/aromatic N) is 6. The van der Waals surface area contributed by atoms with Gasteiger partial charge < -0.3 is 20.4 Å². The van der Waals surface area contributed by atoms with Gasteiger partial charge in [-0.1, -0.05) is 11.6 Å². The van der Waals surface area contributed by atoms with Crippen molar-refractivity contribution in [3.8, 4) is 11.3 Å². The molecule has 0 aliphatic carbocycles. The van der Waals surface area contributed by atoms with Crippen molar-refractivity contribution in [2.75, 3.05) is 40.9 Å². The van der Waals surface area contributed by atoms with Gasteiger partial charge in [-0.3, -0.25) is 4.79 Å². The lowest BCUT2D eigenvalue weighted by Crippen LogP contribution is -2.53. The van der Waals surface area contributed by atoms with Gasteiger partial charge in [0.05, 0.1) is 16.3 Å². The van der Waals surface area contributed by atoms with Crippen LogP contribution in [-0.4, -0.2) is 59.1 Å². The van der Waals surface area contributed by atoms with Crippen LogP contribution in [-0.2, 0) is 0 Å². The molecule has 2 aliphatic heterocycles. The molecule has 0 radical (unpaired) electrons. The fourth-order valence-corrected chi connectivity index (χ4v) is 5.27. The van der Waals surface area contributed by atoms with Crippen LogP contribution >= 0.6 is 11.6 Å². The number of anilines is 3. The van der Waals surface area contributed by atoms with Gasteiger partial charge in [-0.2, -0.15) is 4.98 Å². The number of piperazine rings is 1. The lowest BCUT2D eigenvalue weighted by atomic mass is 10.1. The Bertz CT molecular complexity index is 1270. The number of pyridine rings is 1. The summed E-state index contributed by atoms with van der Waals surface area (Å²) >= 11 is 6.44. The number of nitrogens with two attached hydrogens (primary N) is 1. The fourth-order valence-electron chi connectivity index (χ4n) is 4.99. The summed E-state index contributed by atoms with van der Waals surface area (Å²) in [6.07, 6.45) is 3.68. The summed E-state index contributed by atoms with van der Waals surface area (Å²) in [5.74, 6) is 1.35. The monoisotopic (exact) mass is 509 g/mol.